The van der Waals surface area contributed by atoms with Crippen LogP contribution in [0.4, 0.5) is 0 Å². The molecular formula is C26H44O8. The monoisotopic (exact) mass is 484 g/mol. The van der Waals surface area contributed by atoms with E-state index in [1.54, 1.807) is 0 Å². The van der Waals surface area contributed by atoms with Crippen molar-refractivity contribution < 1.29 is 38.1 Å². The SMILES string of the molecule is CCCCC(CC)COC(=O)C(C)OC(=O)/C=C/C(=O)OC(C)C(=O)OCC(CC)CCCC. The van der Waals surface area contributed by atoms with Crippen molar-refractivity contribution in [3.8, 4) is 0 Å². The maximum atomic E-state index is 12.1. The highest BCUT2D eigenvalue weighted by atomic mass is 16.6. The van der Waals surface area contributed by atoms with E-state index in [2.05, 4.69) is 13.8 Å². The second-order valence-corrected chi connectivity index (χ2v) is 8.58. The Labute approximate surface area is 204 Å². The van der Waals surface area contributed by atoms with Crippen LogP contribution in [0.2, 0.25) is 0 Å². The normalized spacial score (nSPS) is 14.6. The zero-order valence-electron chi connectivity index (χ0n) is 21.8. The summed E-state index contributed by atoms with van der Waals surface area (Å²) in [6, 6.07) is 0. The topological polar surface area (TPSA) is 105 Å². The van der Waals surface area contributed by atoms with Gasteiger partial charge in [0.2, 0.25) is 0 Å². The van der Waals surface area contributed by atoms with Gasteiger partial charge in [0.1, 0.15) is 0 Å². The van der Waals surface area contributed by atoms with E-state index in [0.717, 1.165) is 63.5 Å². The number of hydrogen-bond donors (Lipinski definition) is 0. The molecule has 0 aliphatic carbocycles. The van der Waals surface area contributed by atoms with E-state index < -0.39 is 36.1 Å². The number of hydrogen-bond acceptors (Lipinski definition) is 8. The van der Waals surface area contributed by atoms with Gasteiger partial charge in [-0.1, -0.05) is 66.2 Å². The fourth-order valence-electron chi connectivity index (χ4n) is 3.09. The molecule has 0 bridgehead atoms. The molecule has 0 fully saturated rings. The van der Waals surface area contributed by atoms with Crippen molar-refractivity contribution >= 4 is 23.9 Å². The van der Waals surface area contributed by atoms with Crippen LogP contribution >= 0.6 is 0 Å². The summed E-state index contributed by atoms with van der Waals surface area (Å²) in [6.45, 7) is 11.7. The molecule has 4 atom stereocenters. The molecular weight excluding hydrogens is 440 g/mol. The summed E-state index contributed by atoms with van der Waals surface area (Å²) in [6.07, 6.45) is 7.51. The van der Waals surface area contributed by atoms with Gasteiger partial charge < -0.3 is 18.9 Å². The zero-order valence-corrected chi connectivity index (χ0v) is 21.8. The van der Waals surface area contributed by atoms with Gasteiger partial charge >= 0.3 is 23.9 Å². The maximum Gasteiger partial charge on any atom is 0.347 e. The average Bonchev–Trinajstić information content (AvgIpc) is 2.82. The standard InChI is InChI=1S/C26H44O8/c1-7-11-13-21(9-3)17-31-25(29)19(5)33-23(27)15-16-24(28)34-20(6)26(30)32-18-22(10-4)14-12-8-2/h15-16,19-22H,7-14,17-18H2,1-6H3/b16-15+. The molecule has 8 nitrogen and oxygen atoms in total. The molecule has 0 rings (SSSR count). The first-order valence-electron chi connectivity index (χ1n) is 12.6. The van der Waals surface area contributed by atoms with E-state index in [0.29, 0.717) is 0 Å². The van der Waals surface area contributed by atoms with Crippen LogP contribution in [-0.4, -0.2) is 49.3 Å². The fraction of sp³-hybridized carbons (Fsp3) is 0.769. The summed E-state index contributed by atoms with van der Waals surface area (Å²) in [7, 11) is 0. The van der Waals surface area contributed by atoms with Crippen molar-refractivity contribution in [3.63, 3.8) is 0 Å². The molecule has 0 aliphatic heterocycles. The van der Waals surface area contributed by atoms with Crippen molar-refractivity contribution in [3.05, 3.63) is 12.2 Å². The molecule has 8 heteroatoms. The molecule has 0 aromatic heterocycles. The Morgan fingerprint density at radius 2 is 1.00 bits per heavy atom. The molecule has 4 unspecified atom stereocenters. The van der Waals surface area contributed by atoms with Gasteiger partial charge in [-0.3, -0.25) is 0 Å². The van der Waals surface area contributed by atoms with Crippen LogP contribution in [0.15, 0.2) is 12.2 Å². The highest BCUT2D eigenvalue weighted by Crippen LogP contribution is 2.14. The van der Waals surface area contributed by atoms with Crippen LogP contribution in [0.3, 0.4) is 0 Å². The average molecular weight is 485 g/mol. The third-order valence-electron chi connectivity index (χ3n) is 5.61. The van der Waals surface area contributed by atoms with Gasteiger partial charge in [-0.25, -0.2) is 19.2 Å². The molecule has 0 radical (unpaired) electrons. The lowest BCUT2D eigenvalue weighted by atomic mass is 10.0. The summed E-state index contributed by atoms with van der Waals surface area (Å²) in [5, 5.41) is 0. The van der Waals surface area contributed by atoms with E-state index in [1.165, 1.54) is 13.8 Å². The summed E-state index contributed by atoms with van der Waals surface area (Å²) < 4.78 is 20.4. The van der Waals surface area contributed by atoms with Crippen LogP contribution in [0, 0.1) is 11.8 Å². The lowest BCUT2D eigenvalue weighted by Gasteiger charge is -2.17. The van der Waals surface area contributed by atoms with Crippen LogP contribution < -0.4 is 0 Å². The number of unbranched alkanes of at least 4 members (excludes halogenated alkanes) is 2. The zero-order chi connectivity index (χ0) is 25.9. The van der Waals surface area contributed by atoms with Crippen molar-refractivity contribution in [1.82, 2.24) is 0 Å². The highest BCUT2D eigenvalue weighted by molar-refractivity contribution is 5.93. The first kappa shape index (κ1) is 31.6. The van der Waals surface area contributed by atoms with Gasteiger partial charge in [-0.05, 0) is 38.5 Å². The second-order valence-electron chi connectivity index (χ2n) is 8.58. The number of carbonyl (C=O) groups excluding carboxylic acids is 4. The number of rotatable bonds is 18. The Bertz CT molecular complexity index is 589. The van der Waals surface area contributed by atoms with Gasteiger partial charge in [0.05, 0.1) is 13.2 Å². The molecule has 0 aliphatic rings. The Morgan fingerprint density at radius 3 is 1.29 bits per heavy atom. The quantitative estimate of drug-likeness (QED) is 0.153. The van der Waals surface area contributed by atoms with E-state index >= 15 is 0 Å². The number of esters is 4. The van der Waals surface area contributed by atoms with Gasteiger partial charge in [-0.2, -0.15) is 0 Å². The lowest BCUT2D eigenvalue weighted by molar-refractivity contribution is -0.165. The molecule has 0 aromatic carbocycles. The van der Waals surface area contributed by atoms with Crippen LogP contribution in [0.25, 0.3) is 0 Å². The minimum Gasteiger partial charge on any atom is -0.463 e. The minimum absolute atomic E-state index is 0.277. The number of carbonyl (C=O) groups is 4. The van der Waals surface area contributed by atoms with Gasteiger partial charge in [0.15, 0.2) is 12.2 Å². The van der Waals surface area contributed by atoms with E-state index in [1.807, 2.05) is 13.8 Å². The minimum atomic E-state index is -1.11. The summed E-state index contributed by atoms with van der Waals surface area (Å²) in [5.74, 6) is -2.51. The van der Waals surface area contributed by atoms with Gasteiger partial charge in [-0.15, -0.1) is 0 Å². The first-order valence-corrected chi connectivity index (χ1v) is 12.6. The highest BCUT2D eigenvalue weighted by Gasteiger charge is 2.21. The predicted octanol–water partition coefficient (Wildman–Crippen LogP) is 4.93. The van der Waals surface area contributed by atoms with Crippen LogP contribution in [-0.2, 0) is 38.1 Å². The third-order valence-corrected chi connectivity index (χ3v) is 5.61. The Balaban J connectivity index is 4.40. The molecule has 0 saturated heterocycles. The third kappa shape index (κ3) is 14.7. The number of ether oxygens (including phenoxy) is 4. The summed E-state index contributed by atoms with van der Waals surface area (Å²) in [4.78, 5) is 47.9. The fourth-order valence-corrected chi connectivity index (χ4v) is 3.09. The predicted molar refractivity (Wildman–Crippen MR) is 129 cm³/mol. The summed E-state index contributed by atoms with van der Waals surface area (Å²) >= 11 is 0. The Morgan fingerprint density at radius 1 is 0.647 bits per heavy atom. The lowest BCUT2D eigenvalue weighted by Crippen LogP contribution is -2.28. The van der Waals surface area contributed by atoms with E-state index in [4.69, 9.17) is 18.9 Å². The Hall–Kier alpha value is -2.38. The molecule has 0 saturated carbocycles. The molecule has 0 amide bonds. The molecule has 0 aromatic rings. The van der Waals surface area contributed by atoms with E-state index in [9.17, 15) is 19.2 Å². The molecule has 0 N–H and O–H groups in total. The van der Waals surface area contributed by atoms with Crippen molar-refractivity contribution in [1.29, 1.82) is 0 Å². The van der Waals surface area contributed by atoms with Gasteiger partial charge in [0.25, 0.3) is 0 Å². The van der Waals surface area contributed by atoms with Crippen molar-refractivity contribution in [2.24, 2.45) is 11.8 Å². The largest absolute Gasteiger partial charge is 0.463 e. The van der Waals surface area contributed by atoms with Gasteiger partial charge in [0, 0.05) is 12.2 Å². The second kappa shape index (κ2) is 19.0. The molecule has 0 heterocycles. The van der Waals surface area contributed by atoms with Crippen molar-refractivity contribution in [2.45, 2.75) is 105 Å². The van der Waals surface area contributed by atoms with Crippen LogP contribution in [0.5, 0.6) is 0 Å². The Kier molecular flexibility index (Phi) is 17.7. The maximum absolute atomic E-state index is 12.1. The molecule has 0 spiro atoms. The summed E-state index contributed by atoms with van der Waals surface area (Å²) in [5.41, 5.74) is 0. The van der Waals surface area contributed by atoms with Crippen LogP contribution in [0.1, 0.15) is 92.9 Å². The first-order chi connectivity index (χ1) is 16.2. The van der Waals surface area contributed by atoms with Crippen molar-refractivity contribution in [2.75, 3.05) is 13.2 Å². The molecule has 196 valence electrons. The molecule has 34 heavy (non-hydrogen) atoms. The van der Waals surface area contributed by atoms with E-state index in [-0.39, 0.29) is 25.0 Å². The smallest absolute Gasteiger partial charge is 0.347 e.